The van der Waals surface area contributed by atoms with Crippen molar-refractivity contribution >= 4 is 27.5 Å². The molecule has 2 amide bonds. The number of ether oxygens (including phenoxy) is 1. The molecule has 1 saturated heterocycles. The zero-order valence-electron chi connectivity index (χ0n) is 16.5. The molecule has 0 spiro atoms. The van der Waals surface area contributed by atoms with Crippen LogP contribution >= 0.6 is 0 Å². The topological polar surface area (TPSA) is 148 Å². The number of benzene rings is 2. The van der Waals surface area contributed by atoms with Crippen molar-refractivity contribution in [1.82, 2.24) is 15.2 Å². The van der Waals surface area contributed by atoms with E-state index in [-0.39, 0.29) is 27.5 Å². The number of non-ortho nitro benzene ring substituents is 1. The number of methoxy groups -OCH3 is 1. The first-order chi connectivity index (χ1) is 14.7. The molecule has 0 aliphatic carbocycles. The van der Waals surface area contributed by atoms with Crippen molar-refractivity contribution in [1.29, 1.82) is 0 Å². The summed E-state index contributed by atoms with van der Waals surface area (Å²) in [5.74, 6) is -1.51. The highest BCUT2D eigenvalue weighted by Crippen LogP contribution is 2.24. The van der Waals surface area contributed by atoms with E-state index in [9.17, 15) is 28.1 Å². The van der Waals surface area contributed by atoms with Gasteiger partial charge >= 0.3 is 0 Å². The fraction of sp³-hybridized carbons (Fsp3) is 0.263. The number of carbonyl (C=O) groups is 2. The lowest BCUT2D eigenvalue weighted by molar-refractivity contribution is -0.384. The maximum Gasteiger partial charge on any atom is 0.273 e. The summed E-state index contributed by atoms with van der Waals surface area (Å²) in [6.07, 6.45) is 1.57. The molecule has 1 aliphatic rings. The number of hydrogen-bond acceptors (Lipinski definition) is 7. The zero-order chi connectivity index (χ0) is 22.6. The number of nitro groups is 1. The van der Waals surface area contributed by atoms with Gasteiger partial charge in [0.2, 0.25) is 10.0 Å². The third-order valence-corrected chi connectivity index (χ3v) is 6.62. The summed E-state index contributed by atoms with van der Waals surface area (Å²) in [4.78, 5) is 35.1. The van der Waals surface area contributed by atoms with Crippen LogP contribution in [0.1, 0.15) is 33.6 Å². The molecule has 1 aliphatic heterocycles. The minimum absolute atomic E-state index is 0.0197. The van der Waals surface area contributed by atoms with Gasteiger partial charge in [-0.1, -0.05) is 6.07 Å². The normalized spacial score (nSPS) is 14.1. The van der Waals surface area contributed by atoms with Gasteiger partial charge < -0.3 is 4.74 Å². The van der Waals surface area contributed by atoms with Gasteiger partial charge in [-0.3, -0.25) is 30.6 Å². The van der Waals surface area contributed by atoms with Gasteiger partial charge in [-0.05, 0) is 37.1 Å². The van der Waals surface area contributed by atoms with Crippen molar-refractivity contribution in [3.8, 4) is 5.75 Å². The Morgan fingerprint density at radius 2 is 1.74 bits per heavy atom. The first-order valence-electron chi connectivity index (χ1n) is 9.27. The quantitative estimate of drug-likeness (QED) is 0.502. The lowest BCUT2D eigenvalue weighted by Gasteiger charge is -2.16. The van der Waals surface area contributed by atoms with Gasteiger partial charge in [-0.15, -0.1) is 0 Å². The van der Waals surface area contributed by atoms with Crippen molar-refractivity contribution in [3.63, 3.8) is 0 Å². The Labute approximate surface area is 178 Å². The largest absolute Gasteiger partial charge is 0.496 e. The lowest BCUT2D eigenvalue weighted by atomic mass is 10.1. The maximum atomic E-state index is 12.7. The number of amides is 2. The van der Waals surface area contributed by atoms with Gasteiger partial charge in [0.1, 0.15) is 5.75 Å². The summed E-state index contributed by atoms with van der Waals surface area (Å²) in [6.45, 7) is 0.861. The Hall–Kier alpha value is -3.51. The van der Waals surface area contributed by atoms with Gasteiger partial charge in [-0.25, -0.2) is 8.42 Å². The van der Waals surface area contributed by atoms with Crippen molar-refractivity contribution in [3.05, 3.63) is 63.7 Å². The monoisotopic (exact) mass is 448 g/mol. The maximum absolute atomic E-state index is 12.7. The molecule has 3 rings (SSSR count). The van der Waals surface area contributed by atoms with Crippen molar-refractivity contribution in [2.45, 2.75) is 17.7 Å². The SMILES string of the molecule is COc1ccc([N+](=O)[O-])cc1C(=O)NNC(=O)c1cccc(S(=O)(=O)N2CCCC2)c1. The van der Waals surface area contributed by atoms with Crippen LogP contribution < -0.4 is 15.6 Å². The number of sulfonamides is 1. The van der Waals surface area contributed by atoms with E-state index in [1.54, 1.807) is 0 Å². The second-order valence-electron chi connectivity index (χ2n) is 6.69. The fourth-order valence-electron chi connectivity index (χ4n) is 3.12. The predicted octanol–water partition coefficient (Wildman–Crippen LogP) is 1.46. The number of rotatable bonds is 6. The molecular formula is C19H20N4O7S. The Morgan fingerprint density at radius 1 is 1.06 bits per heavy atom. The summed E-state index contributed by atoms with van der Waals surface area (Å²) < 4.78 is 31.7. The number of nitro benzene ring substituents is 1. The van der Waals surface area contributed by atoms with Crippen molar-refractivity contribution in [2.75, 3.05) is 20.2 Å². The van der Waals surface area contributed by atoms with Gasteiger partial charge in [0.25, 0.3) is 17.5 Å². The predicted molar refractivity (Wildman–Crippen MR) is 109 cm³/mol. The average molecular weight is 448 g/mol. The summed E-state index contributed by atoms with van der Waals surface area (Å²) in [5.41, 5.74) is 3.87. The third kappa shape index (κ3) is 4.81. The molecule has 2 N–H and O–H groups in total. The van der Waals surface area contributed by atoms with Gasteiger partial charge in [0, 0.05) is 30.8 Å². The van der Waals surface area contributed by atoms with Crippen molar-refractivity contribution in [2.24, 2.45) is 0 Å². The van der Waals surface area contributed by atoms with Crippen LogP contribution in [0, 0.1) is 10.1 Å². The molecule has 0 aromatic heterocycles. The molecule has 164 valence electrons. The highest BCUT2D eigenvalue weighted by Gasteiger charge is 2.27. The Kier molecular flexibility index (Phi) is 6.51. The molecule has 0 saturated carbocycles. The Bertz CT molecular complexity index is 1130. The van der Waals surface area contributed by atoms with E-state index < -0.39 is 26.8 Å². The second-order valence-corrected chi connectivity index (χ2v) is 8.63. The third-order valence-electron chi connectivity index (χ3n) is 4.73. The van der Waals surface area contributed by atoms with Gasteiger partial charge in [0.05, 0.1) is 22.5 Å². The molecule has 0 bridgehead atoms. The summed E-state index contributed by atoms with van der Waals surface area (Å²) in [7, 11) is -2.41. The first kappa shape index (κ1) is 22.2. The smallest absolute Gasteiger partial charge is 0.273 e. The Morgan fingerprint density at radius 3 is 2.39 bits per heavy atom. The number of nitrogens with one attached hydrogen (secondary N) is 2. The van der Waals surface area contributed by atoms with Gasteiger partial charge in [-0.2, -0.15) is 4.31 Å². The van der Waals surface area contributed by atoms with E-state index in [0.717, 1.165) is 18.9 Å². The molecule has 11 nitrogen and oxygen atoms in total. The summed E-state index contributed by atoms with van der Waals surface area (Å²) >= 11 is 0. The molecular weight excluding hydrogens is 428 g/mol. The van der Waals surface area contributed by atoms with Crippen molar-refractivity contribution < 1.29 is 27.7 Å². The van der Waals surface area contributed by atoms with Crippen LogP contribution in [0.3, 0.4) is 0 Å². The number of hydrogen-bond donors (Lipinski definition) is 2. The molecule has 0 unspecified atom stereocenters. The molecule has 0 atom stereocenters. The van der Waals surface area contributed by atoms with Gasteiger partial charge in [0.15, 0.2) is 0 Å². The second kappa shape index (κ2) is 9.10. The van der Waals surface area contributed by atoms with Crippen LogP contribution in [0.4, 0.5) is 5.69 Å². The van der Waals surface area contributed by atoms with E-state index in [1.165, 1.54) is 47.8 Å². The Balaban J connectivity index is 1.74. The molecule has 31 heavy (non-hydrogen) atoms. The number of carbonyl (C=O) groups excluding carboxylic acids is 2. The summed E-state index contributed by atoms with van der Waals surface area (Å²) in [6, 6.07) is 8.92. The van der Waals surface area contributed by atoms with E-state index in [1.807, 2.05) is 0 Å². The highest BCUT2D eigenvalue weighted by molar-refractivity contribution is 7.89. The first-order valence-corrected chi connectivity index (χ1v) is 10.7. The molecule has 1 fully saturated rings. The number of nitrogens with zero attached hydrogens (tertiary/aromatic N) is 2. The molecule has 1 heterocycles. The van der Waals surface area contributed by atoms with Crippen LogP contribution in [0.15, 0.2) is 47.4 Å². The van der Waals surface area contributed by atoms with E-state index in [0.29, 0.717) is 13.1 Å². The molecule has 0 radical (unpaired) electrons. The average Bonchev–Trinajstić information content (AvgIpc) is 3.32. The van der Waals surface area contributed by atoms with E-state index in [2.05, 4.69) is 10.9 Å². The van der Waals surface area contributed by atoms with E-state index >= 15 is 0 Å². The standard InChI is InChI=1S/C19H20N4O7S/c1-30-17-8-7-14(23(26)27)12-16(17)19(25)21-20-18(24)13-5-4-6-15(11-13)31(28,29)22-9-2-3-10-22/h4-8,11-12H,2-3,9-10H2,1H3,(H,20,24)(H,21,25). The molecule has 2 aromatic rings. The van der Waals surface area contributed by atoms with Crippen LogP contribution in [0.5, 0.6) is 5.75 Å². The lowest BCUT2D eigenvalue weighted by Crippen LogP contribution is -2.41. The molecule has 12 heteroatoms. The minimum Gasteiger partial charge on any atom is -0.496 e. The van der Waals surface area contributed by atoms with Crippen LogP contribution in [-0.2, 0) is 10.0 Å². The van der Waals surface area contributed by atoms with Crippen LogP contribution in [0.25, 0.3) is 0 Å². The molecule has 2 aromatic carbocycles. The fourth-order valence-corrected chi connectivity index (χ4v) is 4.68. The van der Waals surface area contributed by atoms with Crippen LogP contribution in [-0.4, -0.2) is 49.7 Å². The number of hydrazine groups is 1. The van der Waals surface area contributed by atoms with E-state index in [4.69, 9.17) is 4.74 Å². The summed E-state index contributed by atoms with van der Waals surface area (Å²) in [5, 5.41) is 10.9. The minimum atomic E-state index is -3.71. The zero-order valence-corrected chi connectivity index (χ0v) is 17.3. The van der Waals surface area contributed by atoms with Crippen LogP contribution in [0.2, 0.25) is 0 Å². The highest BCUT2D eigenvalue weighted by atomic mass is 32.2.